The summed E-state index contributed by atoms with van der Waals surface area (Å²) in [6.07, 6.45) is 3.21. The molecule has 0 aromatic rings. The van der Waals surface area contributed by atoms with Gasteiger partial charge in [0.15, 0.2) is 0 Å². The van der Waals surface area contributed by atoms with Gasteiger partial charge >= 0.3 is 0 Å². The predicted octanol–water partition coefficient (Wildman–Crippen LogP) is 0.869. The third-order valence-corrected chi connectivity index (χ3v) is 2.72. The second-order valence-corrected chi connectivity index (χ2v) is 3.21. The van der Waals surface area contributed by atoms with E-state index in [1.54, 1.807) is 0 Å². The zero-order chi connectivity index (χ0) is 6.97. The first-order chi connectivity index (χ1) is 4.92. The van der Waals surface area contributed by atoms with Crippen molar-refractivity contribution < 1.29 is 4.74 Å². The van der Waals surface area contributed by atoms with Crippen molar-refractivity contribution in [3.05, 3.63) is 0 Å². The van der Waals surface area contributed by atoms with Crippen molar-refractivity contribution >= 4 is 0 Å². The van der Waals surface area contributed by atoms with E-state index in [0.29, 0.717) is 6.10 Å². The number of hydrogen-bond donors (Lipinski definition) is 0. The van der Waals surface area contributed by atoms with Gasteiger partial charge in [0, 0.05) is 0 Å². The Balaban J connectivity index is 1.94. The molecule has 0 radical (unpaired) electrons. The number of likely N-dealkylation sites (tertiary alicyclic amines) is 1. The van der Waals surface area contributed by atoms with Gasteiger partial charge in [-0.1, -0.05) is 6.92 Å². The van der Waals surface area contributed by atoms with E-state index >= 15 is 0 Å². The van der Waals surface area contributed by atoms with E-state index in [9.17, 15) is 0 Å². The molecule has 2 atom stereocenters. The molecule has 2 aliphatic rings. The highest BCUT2D eigenvalue weighted by Crippen LogP contribution is 2.27. The second kappa shape index (κ2) is 2.51. The molecule has 2 heterocycles. The molecule has 0 aromatic carbocycles. The largest absolute Gasteiger partial charge is 0.375 e. The molecule has 0 amide bonds. The molecule has 10 heavy (non-hydrogen) atoms. The first kappa shape index (κ1) is 6.62. The number of hydrogen-bond acceptors (Lipinski definition) is 2. The molecule has 0 aliphatic carbocycles. The Hall–Kier alpha value is -0.0800. The molecule has 0 bridgehead atoms. The number of ether oxygens (including phenoxy) is 1. The van der Waals surface area contributed by atoms with Gasteiger partial charge in [-0.15, -0.1) is 0 Å². The average molecular weight is 141 g/mol. The van der Waals surface area contributed by atoms with Gasteiger partial charge in [-0.2, -0.15) is 0 Å². The zero-order valence-electron chi connectivity index (χ0n) is 6.55. The highest BCUT2D eigenvalue weighted by molar-refractivity contribution is 4.90. The summed E-state index contributed by atoms with van der Waals surface area (Å²) in [5.41, 5.74) is 0. The Morgan fingerprint density at radius 2 is 2.50 bits per heavy atom. The zero-order valence-corrected chi connectivity index (χ0v) is 6.55. The molecule has 58 valence electrons. The van der Waals surface area contributed by atoms with Gasteiger partial charge in [0.25, 0.3) is 0 Å². The summed E-state index contributed by atoms with van der Waals surface area (Å²) in [5, 5.41) is 0. The molecule has 2 saturated heterocycles. The monoisotopic (exact) mass is 141 g/mol. The van der Waals surface area contributed by atoms with Crippen LogP contribution in [0.5, 0.6) is 0 Å². The molecule has 0 aromatic heterocycles. The molecule has 2 fully saturated rings. The summed E-state index contributed by atoms with van der Waals surface area (Å²) in [5.74, 6) is 0. The minimum absolute atomic E-state index is 0.591. The summed E-state index contributed by atoms with van der Waals surface area (Å²) in [6.45, 7) is 5.71. The van der Waals surface area contributed by atoms with Gasteiger partial charge in [0.05, 0.1) is 18.8 Å². The van der Waals surface area contributed by atoms with Crippen LogP contribution in [0.25, 0.3) is 0 Å². The van der Waals surface area contributed by atoms with E-state index < -0.39 is 0 Å². The van der Waals surface area contributed by atoms with Crippen LogP contribution in [0.3, 0.4) is 0 Å². The van der Waals surface area contributed by atoms with Crippen molar-refractivity contribution in [3.8, 4) is 0 Å². The van der Waals surface area contributed by atoms with Gasteiger partial charge < -0.3 is 4.74 Å². The third-order valence-electron chi connectivity index (χ3n) is 2.72. The van der Waals surface area contributed by atoms with Crippen molar-refractivity contribution in [2.24, 2.45) is 0 Å². The average Bonchev–Trinajstić information content (AvgIpc) is 1.91. The van der Waals surface area contributed by atoms with Crippen LogP contribution in [0.15, 0.2) is 0 Å². The lowest BCUT2D eigenvalue weighted by atomic mass is 9.95. The van der Waals surface area contributed by atoms with Gasteiger partial charge in [0.1, 0.15) is 0 Å². The summed E-state index contributed by atoms with van der Waals surface area (Å²) in [4.78, 5) is 2.54. The van der Waals surface area contributed by atoms with Crippen molar-refractivity contribution in [3.63, 3.8) is 0 Å². The quantitative estimate of drug-likeness (QED) is 0.537. The highest BCUT2D eigenvalue weighted by atomic mass is 16.5. The number of rotatable bonds is 1. The number of piperidine rings is 1. The van der Waals surface area contributed by atoms with Crippen LogP contribution in [0.4, 0.5) is 0 Å². The van der Waals surface area contributed by atoms with Crippen molar-refractivity contribution in [2.45, 2.75) is 31.9 Å². The second-order valence-electron chi connectivity index (χ2n) is 3.21. The lowest BCUT2D eigenvalue weighted by Crippen LogP contribution is -2.59. The van der Waals surface area contributed by atoms with Gasteiger partial charge in [-0.05, 0) is 25.9 Å². The normalized spacial score (nSPS) is 40.5. The van der Waals surface area contributed by atoms with E-state index in [0.717, 1.165) is 12.6 Å². The van der Waals surface area contributed by atoms with Crippen LogP contribution in [0, 0.1) is 0 Å². The van der Waals surface area contributed by atoms with Crippen LogP contribution in [0.2, 0.25) is 0 Å². The van der Waals surface area contributed by atoms with E-state index in [-0.39, 0.29) is 0 Å². The van der Waals surface area contributed by atoms with Crippen LogP contribution >= 0.6 is 0 Å². The molecule has 2 rings (SSSR count). The molecule has 2 nitrogen and oxygen atoms in total. The summed E-state index contributed by atoms with van der Waals surface area (Å²) in [6, 6.07) is 0.777. The molecular formula is C8H15NO. The first-order valence-electron chi connectivity index (χ1n) is 4.27. The third kappa shape index (κ3) is 0.867. The lowest BCUT2D eigenvalue weighted by molar-refractivity contribution is -0.154. The Morgan fingerprint density at radius 3 is 3.00 bits per heavy atom. The van der Waals surface area contributed by atoms with Gasteiger partial charge in [0.2, 0.25) is 0 Å². The SMILES string of the molecule is CCN1CCCC2OCC21. The van der Waals surface area contributed by atoms with Crippen LogP contribution in [0.1, 0.15) is 19.8 Å². The smallest absolute Gasteiger partial charge is 0.0754 e. The van der Waals surface area contributed by atoms with Crippen molar-refractivity contribution in [1.82, 2.24) is 4.90 Å². The highest BCUT2D eigenvalue weighted by Gasteiger charge is 2.38. The molecule has 0 saturated carbocycles. The van der Waals surface area contributed by atoms with Crippen LogP contribution in [-0.4, -0.2) is 36.7 Å². The summed E-state index contributed by atoms with van der Waals surface area (Å²) in [7, 11) is 0. The Bertz CT molecular complexity index is 124. The first-order valence-corrected chi connectivity index (χ1v) is 4.27. The van der Waals surface area contributed by atoms with E-state index in [2.05, 4.69) is 11.8 Å². The topological polar surface area (TPSA) is 12.5 Å². The molecular weight excluding hydrogens is 126 g/mol. The Morgan fingerprint density at radius 1 is 1.60 bits per heavy atom. The fourth-order valence-electron chi connectivity index (χ4n) is 1.99. The fraction of sp³-hybridized carbons (Fsp3) is 1.00. The number of nitrogens with zero attached hydrogens (tertiary/aromatic N) is 1. The number of likely N-dealkylation sites (N-methyl/N-ethyl adjacent to an activating group) is 1. The minimum Gasteiger partial charge on any atom is -0.375 e. The van der Waals surface area contributed by atoms with E-state index in [4.69, 9.17) is 4.74 Å². The molecule has 2 heteroatoms. The van der Waals surface area contributed by atoms with Crippen molar-refractivity contribution in [2.75, 3.05) is 19.7 Å². The maximum atomic E-state index is 5.43. The van der Waals surface area contributed by atoms with Crippen LogP contribution in [-0.2, 0) is 4.74 Å². The number of fused-ring (bicyclic) bond motifs is 1. The van der Waals surface area contributed by atoms with Crippen LogP contribution < -0.4 is 0 Å². The van der Waals surface area contributed by atoms with Gasteiger partial charge in [-0.25, -0.2) is 0 Å². The molecule has 0 N–H and O–H groups in total. The summed E-state index contributed by atoms with van der Waals surface area (Å²) < 4.78 is 5.43. The standard InChI is InChI=1S/C8H15NO/c1-2-9-5-3-4-8-7(9)6-10-8/h7-8H,2-6H2,1H3. The minimum atomic E-state index is 0.591. The Kier molecular flexibility index (Phi) is 1.66. The fourth-order valence-corrected chi connectivity index (χ4v) is 1.99. The molecule has 0 spiro atoms. The van der Waals surface area contributed by atoms with Crippen molar-refractivity contribution in [1.29, 1.82) is 0 Å². The summed E-state index contributed by atoms with van der Waals surface area (Å²) >= 11 is 0. The van der Waals surface area contributed by atoms with E-state index in [1.165, 1.54) is 25.9 Å². The lowest BCUT2D eigenvalue weighted by Gasteiger charge is -2.47. The van der Waals surface area contributed by atoms with Gasteiger partial charge in [-0.3, -0.25) is 4.90 Å². The maximum absolute atomic E-state index is 5.43. The molecule has 2 aliphatic heterocycles. The Labute approximate surface area is 62.2 Å². The predicted molar refractivity (Wildman–Crippen MR) is 40.0 cm³/mol. The van der Waals surface area contributed by atoms with E-state index in [1.807, 2.05) is 0 Å². The maximum Gasteiger partial charge on any atom is 0.0754 e. The molecule has 2 unspecified atom stereocenters.